The normalized spacial score (nSPS) is 18.4. The molecule has 2 amide bonds. The van der Waals surface area contributed by atoms with E-state index in [9.17, 15) is 14.0 Å². The van der Waals surface area contributed by atoms with Crippen molar-refractivity contribution in [3.05, 3.63) is 107 Å². The lowest BCUT2D eigenvalue weighted by molar-refractivity contribution is -0.133. The van der Waals surface area contributed by atoms with Gasteiger partial charge in [0.2, 0.25) is 5.91 Å². The van der Waals surface area contributed by atoms with Crippen molar-refractivity contribution in [2.45, 2.75) is 12.5 Å². The summed E-state index contributed by atoms with van der Waals surface area (Å²) in [6.45, 7) is 3.93. The molecule has 3 aromatic carbocycles. The molecule has 0 saturated carbocycles. The van der Waals surface area contributed by atoms with E-state index in [4.69, 9.17) is 0 Å². The van der Waals surface area contributed by atoms with Crippen LogP contribution in [0.4, 0.5) is 4.39 Å². The predicted octanol–water partition coefficient (Wildman–Crippen LogP) is 3.76. The van der Waals surface area contributed by atoms with Crippen LogP contribution >= 0.6 is 0 Å². The molecule has 5 nitrogen and oxygen atoms in total. The van der Waals surface area contributed by atoms with E-state index in [0.29, 0.717) is 51.4 Å². The van der Waals surface area contributed by atoms with Crippen molar-refractivity contribution in [1.29, 1.82) is 0 Å². The maximum absolute atomic E-state index is 13.5. The fraction of sp³-hybridized carbons (Fsp3) is 0.286. The zero-order chi connectivity index (χ0) is 23.5. The number of halogens is 1. The standard InChI is InChI=1S/C28H28FN3O2/c29-24-11-6-10-22(17-24)28(34)31-15-13-30(14-16-31)20-27(33)32-18-23-9-4-5-12-25(23)26(19-32)21-7-2-1-3-8-21/h1-12,17,26H,13-16,18-20H2. The van der Waals surface area contributed by atoms with Gasteiger partial charge in [-0.15, -0.1) is 0 Å². The van der Waals surface area contributed by atoms with Crippen molar-refractivity contribution in [2.75, 3.05) is 39.3 Å². The van der Waals surface area contributed by atoms with Crippen molar-refractivity contribution < 1.29 is 14.0 Å². The molecule has 2 heterocycles. The van der Waals surface area contributed by atoms with Crippen LogP contribution in [-0.4, -0.2) is 65.8 Å². The highest BCUT2D eigenvalue weighted by Crippen LogP contribution is 2.33. The van der Waals surface area contributed by atoms with Crippen molar-refractivity contribution in [2.24, 2.45) is 0 Å². The first kappa shape index (κ1) is 22.3. The number of fused-ring (bicyclic) bond motifs is 1. The average Bonchev–Trinajstić information content (AvgIpc) is 2.88. The average molecular weight is 458 g/mol. The quantitative estimate of drug-likeness (QED) is 0.599. The molecule has 34 heavy (non-hydrogen) atoms. The maximum Gasteiger partial charge on any atom is 0.254 e. The molecule has 1 fully saturated rings. The summed E-state index contributed by atoms with van der Waals surface area (Å²) in [5.74, 6) is -0.299. The zero-order valence-corrected chi connectivity index (χ0v) is 19.1. The third kappa shape index (κ3) is 4.73. The number of rotatable bonds is 4. The number of benzene rings is 3. The Morgan fingerprint density at radius 3 is 2.32 bits per heavy atom. The van der Waals surface area contributed by atoms with Crippen molar-refractivity contribution in [3.63, 3.8) is 0 Å². The van der Waals surface area contributed by atoms with Gasteiger partial charge in [-0.25, -0.2) is 4.39 Å². The molecule has 1 unspecified atom stereocenters. The smallest absolute Gasteiger partial charge is 0.254 e. The van der Waals surface area contributed by atoms with Crippen LogP contribution in [0.25, 0.3) is 0 Å². The highest BCUT2D eigenvalue weighted by molar-refractivity contribution is 5.94. The molecule has 0 aromatic heterocycles. The first-order valence-electron chi connectivity index (χ1n) is 11.8. The minimum Gasteiger partial charge on any atom is -0.336 e. The molecule has 0 radical (unpaired) electrons. The SMILES string of the molecule is O=C(CN1CCN(C(=O)c2cccc(F)c2)CC1)N1Cc2ccccc2C(c2ccccc2)C1. The summed E-state index contributed by atoms with van der Waals surface area (Å²) in [4.78, 5) is 31.8. The Bertz CT molecular complexity index is 1180. The van der Waals surface area contributed by atoms with E-state index in [0.717, 1.165) is 0 Å². The van der Waals surface area contributed by atoms with E-state index in [1.54, 1.807) is 17.0 Å². The molecule has 0 bridgehead atoms. The van der Waals surface area contributed by atoms with E-state index in [1.165, 1.54) is 28.8 Å². The number of amides is 2. The minimum atomic E-state index is -0.410. The molecular weight excluding hydrogens is 429 g/mol. The number of carbonyl (C=O) groups is 2. The Hall–Kier alpha value is -3.51. The molecule has 3 aromatic rings. The van der Waals surface area contributed by atoms with Crippen LogP contribution in [0.2, 0.25) is 0 Å². The molecular formula is C28H28FN3O2. The van der Waals surface area contributed by atoms with Gasteiger partial charge in [-0.1, -0.05) is 60.7 Å². The second-order valence-corrected chi connectivity index (χ2v) is 9.02. The lowest BCUT2D eigenvalue weighted by Gasteiger charge is -2.38. The predicted molar refractivity (Wildman–Crippen MR) is 129 cm³/mol. The van der Waals surface area contributed by atoms with Gasteiger partial charge in [0.1, 0.15) is 5.82 Å². The van der Waals surface area contributed by atoms with Gasteiger partial charge in [0.15, 0.2) is 0 Å². The number of nitrogens with zero attached hydrogens (tertiary/aromatic N) is 3. The first-order valence-corrected chi connectivity index (χ1v) is 11.8. The van der Waals surface area contributed by atoms with Gasteiger partial charge in [0, 0.05) is 50.7 Å². The molecule has 0 spiro atoms. The fourth-order valence-electron chi connectivity index (χ4n) is 4.97. The molecule has 5 rings (SSSR count). The van der Waals surface area contributed by atoms with E-state index in [2.05, 4.69) is 35.2 Å². The van der Waals surface area contributed by atoms with Crippen LogP contribution in [0.15, 0.2) is 78.9 Å². The van der Waals surface area contributed by atoms with Gasteiger partial charge in [-0.2, -0.15) is 0 Å². The molecule has 174 valence electrons. The van der Waals surface area contributed by atoms with Gasteiger partial charge in [0.05, 0.1) is 6.54 Å². The first-order chi connectivity index (χ1) is 16.6. The second kappa shape index (κ2) is 9.77. The highest BCUT2D eigenvalue weighted by atomic mass is 19.1. The fourth-order valence-corrected chi connectivity index (χ4v) is 4.97. The third-order valence-corrected chi connectivity index (χ3v) is 6.84. The topological polar surface area (TPSA) is 43.9 Å². The summed E-state index contributed by atoms with van der Waals surface area (Å²) >= 11 is 0. The van der Waals surface area contributed by atoms with Crippen molar-refractivity contribution in [3.8, 4) is 0 Å². The lowest BCUT2D eigenvalue weighted by atomic mass is 9.84. The van der Waals surface area contributed by atoms with Gasteiger partial charge >= 0.3 is 0 Å². The highest BCUT2D eigenvalue weighted by Gasteiger charge is 2.30. The van der Waals surface area contributed by atoms with Crippen LogP contribution in [0.1, 0.15) is 33.0 Å². The Kier molecular flexibility index (Phi) is 6.41. The monoisotopic (exact) mass is 457 g/mol. The number of carbonyl (C=O) groups excluding carboxylic acids is 2. The Balaban J connectivity index is 1.22. The van der Waals surface area contributed by atoms with Gasteiger partial charge < -0.3 is 9.80 Å². The van der Waals surface area contributed by atoms with Crippen LogP contribution in [0.5, 0.6) is 0 Å². The molecule has 2 aliphatic rings. The van der Waals surface area contributed by atoms with E-state index >= 15 is 0 Å². The minimum absolute atomic E-state index is 0.111. The summed E-state index contributed by atoms with van der Waals surface area (Å²) in [6.07, 6.45) is 0. The Morgan fingerprint density at radius 1 is 0.824 bits per heavy atom. The Morgan fingerprint density at radius 2 is 1.56 bits per heavy atom. The molecule has 0 aliphatic carbocycles. The lowest BCUT2D eigenvalue weighted by Crippen LogP contribution is -2.52. The summed E-state index contributed by atoms with van der Waals surface area (Å²) in [5, 5.41) is 0. The van der Waals surface area contributed by atoms with Crippen LogP contribution in [0.3, 0.4) is 0 Å². The Labute approximate surface area is 199 Å². The summed E-state index contributed by atoms with van der Waals surface area (Å²) < 4.78 is 13.5. The molecule has 1 atom stereocenters. The van der Waals surface area contributed by atoms with Crippen LogP contribution in [-0.2, 0) is 11.3 Å². The van der Waals surface area contributed by atoms with E-state index in [-0.39, 0.29) is 17.7 Å². The van der Waals surface area contributed by atoms with Gasteiger partial charge in [-0.3, -0.25) is 14.5 Å². The van der Waals surface area contributed by atoms with Crippen molar-refractivity contribution >= 4 is 11.8 Å². The zero-order valence-electron chi connectivity index (χ0n) is 19.1. The summed E-state index contributed by atoms with van der Waals surface area (Å²) in [7, 11) is 0. The molecule has 0 N–H and O–H groups in total. The van der Waals surface area contributed by atoms with Crippen molar-refractivity contribution in [1.82, 2.24) is 14.7 Å². The van der Waals surface area contributed by atoms with Crippen LogP contribution in [0, 0.1) is 5.82 Å². The van der Waals surface area contributed by atoms with E-state index in [1.807, 2.05) is 29.2 Å². The summed E-state index contributed by atoms with van der Waals surface area (Å²) in [5.41, 5.74) is 4.07. The number of piperazine rings is 1. The largest absolute Gasteiger partial charge is 0.336 e. The molecule has 1 saturated heterocycles. The summed E-state index contributed by atoms with van der Waals surface area (Å²) in [6, 6.07) is 24.5. The maximum atomic E-state index is 13.5. The number of hydrogen-bond acceptors (Lipinski definition) is 3. The second-order valence-electron chi connectivity index (χ2n) is 9.02. The van der Waals surface area contributed by atoms with E-state index < -0.39 is 5.82 Å². The third-order valence-electron chi connectivity index (χ3n) is 6.84. The van der Waals surface area contributed by atoms with Crippen LogP contribution < -0.4 is 0 Å². The number of hydrogen-bond donors (Lipinski definition) is 0. The van der Waals surface area contributed by atoms with Gasteiger partial charge in [0.25, 0.3) is 5.91 Å². The molecule has 2 aliphatic heterocycles. The van der Waals surface area contributed by atoms with Gasteiger partial charge in [-0.05, 0) is 34.9 Å². The molecule has 6 heteroatoms.